The van der Waals surface area contributed by atoms with E-state index in [0.29, 0.717) is 0 Å². The van der Waals surface area contributed by atoms with Crippen molar-refractivity contribution in [3.05, 3.63) is 0 Å². The lowest BCUT2D eigenvalue weighted by molar-refractivity contribution is 0.188. The number of hydrogen-bond acceptors (Lipinski definition) is 2. The Morgan fingerprint density at radius 2 is 1.44 bits per heavy atom. The van der Waals surface area contributed by atoms with Gasteiger partial charge in [-0.25, -0.2) is 0 Å². The molecule has 0 unspecified atom stereocenters. The van der Waals surface area contributed by atoms with Crippen molar-refractivity contribution in [3.63, 3.8) is 0 Å². The molecule has 0 spiro atoms. The minimum absolute atomic E-state index is 0.938. The number of hydrogen-bond donors (Lipinski definition) is 0. The van der Waals surface area contributed by atoms with Crippen molar-refractivity contribution in [1.29, 1.82) is 0 Å². The molecule has 0 radical (unpaired) electrons. The summed E-state index contributed by atoms with van der Waals surface area (Å²) < 4.78 is 5.06. The van der Waals surface area contributed by atoms with E-state index in [4.69, 9.17) is 4.74 Å². The van der Waals surface area contributed by atoms with Crippen molar-refractivity contribution in [2.24, 2.45) is 5.92 Å². The van der Waals surface area contributed by atoms with Crippen molar-refractivity contribution >= 4 is 0 Å². The third-order valence-corrected chi connectivity index (χ3v) is 4.20. The molecule has 1 saturated heterocycles. The number of methoxy groups -OCH3 is 1. The minimum Gasteiger partial charge on any atom is -0.385 e. The summed E-state index contributed by atoms with van der Waals surface area (Å²) in [6.45, 7) is 7.36. The van der Waals surface area contributed by atoms with Crippen LogP contribution in [0.1, 0.15) is 64.7 Å². The van der Waals surface area contributed by atoms with E-state index < -0.39 is 0 Å². The summed E-state index contributed by atoms with van der Waals surface area (Å²) in [4.78, 5) is 2.67. The maximum absolute atomic E-state index is 5.06. The Morgan fingerprint density at radius 3 is 2.06 bits per heavy atom. The first kappa shape index (κ1) is 16.0. The molecule has 0 N–H and O–H groups in total. The third-order valence-electron chi connectivity index (χ3n) is 4.20. The Kier molecular flexibility index (Phi) is 9.59. The van der Waals surface area contributed by atoms with Crippen LogP contribution in [0.25, 0.3) is 0 Å². The SMILES string of the molecule is COCCCCCCCCCN1CCC(C)CC1. The molecular weight excluding hydrogens is 222 g/mol. The van der Waals surface area contributed by atoms with E-state index in [2.05, 4.69) is 11.8 Å². The van der Waals surface area contributed by atoms with Crippen molar-refractivity contribution < 1.29 is 4.74 Å². The zero-order valence-electron chi connectivity index (χ0n) is 12.6. The second-order valence-electron chi connectivity index (χ2n) is 5.99. The fraction of sp³-hybridized carbons (Fsp3) is 1.00. The average Bonchev–Trinajstić information content (AvgIpc) is 2.39. The lowest BCUT2D eigenvalue weighted by Gasteiger charge is -2.30. The molecule has 1 aliphatic heterocycles. The van der Waals surface area contributed by atoms with Crippen LogP contribution in [-0.2, 0) is 4.74 Å². The summed E-state index contributed by atoms with van der Waals surface area (Å²) in [6, 6.07) is 0. The Hall–Kier alpha value is -0.0800. The predicted molar refractivity (Wildman–Crippen MR) is 79.0 cm³/mol. The smallest absolute Gasteiger partial charge is 0.0462 e. The van der Waals surface area contributed by atoms with Gasteiger partial charge in [0.05, 0.1) is 0 Å². The highest BCUT2D eigenvalue weighted by Gasteiger charge is 2.14. The van der Waals surface area contributed by atoms with Crippen LogP contribution in [0.2, 0.25) is 0 Å². The molecule has 0 saturated carbocycles. The monoisotopic (exact) mass is 255 g/mol. The van der Waals surface area contributed by atoms with Gasteiger partial charge < -0.3 is 9.64 Å². The molecule has 1 fully saturated rings. The van der Waals surface area contributed by atoms with Gasteiger partial charge in [0.2, 0.25) is 0 Å². The maximum Gasteiger partial charge on any atom is 0.0462 e. The van der Waals surface area contributed by atoms with Crippen molar-refractivity contribution in [1.82, 2.24) is 4.90 Å². The highest BCUT2D eigenvalue weighted by atomic mass is 16.5. The van der Waals surface area contributed by atoms with Gasteiger partial charge in [0.15, 0.2) is 0 Å². The van der Waals surface area contributed by atoms with Gasteiger partial charge in [-0.2, -0.15) is 0 Å². The molecular formula is C16H33NO. The fourth-order valence-electron chi connectivity index (χ4n) is 2.75. The Morgan fingerprint density at radius 1 is 0.889 bits per heavy atom. The van der Waals surface area contributed by atoms with E-state index >= 15 is 0 Å². The Labute approximate surface area is 114 Å². The molecule has 1 heterocycles. The first-order chi connectivity index (χ1) is 8.83. The van der Waals surface area contributed by atoms with Crippen LogP contribution >= 0.6 is 0 Å². The van der Waals surface area contributed by atoms with Gasteiger partial charge in [0, 0.05) is 13.7 Å². The summed E-state index contributed by atoms with van der Waals surface area (Å²) in [6.07, 6.45) is 12.5. The number of ether oxygens (including phenoxy) is 1. The Bertz CT molecular complexity index is 176. The average molecular weight is 255 g/mol. The number of likely N-dealkylation sites (tertiary alicyclic amines) is 1. The first-order valence-electron chi connectivity index (χ1n) is 8.04. The largest absolute Gasteiger partial charge is 0.385 e. The summed E-state index contributed by atoms with van der Waals surface area (Å²) in [7, 11) is 1.79. The lowest BCUT2D eigenvalue weighted by atomic mass is 9.99. The Balaban J connectivity index is 1.78. The summed E-state index contributed by atoms with van der Waals surface area (Å²) in [5.74, 6) is 0.966. The molecule has 2 nitrogen and oxygen atoms in total. The molecule has 18 heavy (non-hydrogen) atoms. The van der Waals surface area contributed by atoms with Crippen LogP contribution in [0.15, 0.2) is 0 Å². The van der Waals surface area contributed by atoms with Crippen molar-refractivity contribution in [3.8, 4) is 0 Å². The molecule has 0 aliphatic carbocycles. The number of piperidine rings is 1. The lowest BCUT2D eigenvalue weighted by Crippen LogP contribution is -2.33. The number of unbranched alkanes of at least 4 members (excludes halogenated alkanes) is 6. The second-order valence-corrected chi connectivity index (χ2v) is 5.99. The zero-order chi connectivity index (χ0) is 13.1. The first-order valence-corrected chi connectivity index (χ1v) is 8.04. The maximum atomic E-state index is 5.06. The van der Waals surface area contributed by atoms with E-state index in [0.717, 1.165) is 12.5 Å². The van der Waals surface area contributed by atoms with Crippen LogP contribution in [0.5, 0.6) is 0 Å². The van der Waals surface area contributed by atoms with Crippen molar-refractivity contribution in [2.45, 2.75) is 64.7 Å². The van der Waals surface area contributed by atoms with E-state index in [9.17, 15) is 0 Å². The fourth-order valence-corrected chi connectivity index (χ4v) is 2.75. The highest BCUT2D eigenvalue weighted by molar-refractivity contribution is 4.69. The molecule has 2 heteroatoms. The van der Waals surface area contributed by atoms with E-state index in [1.807, 2.05) is 0 Å². The van der Waals surface area contributed by atoms with Crippen LogP contribution in [0.4, 0.5) is 0 Å². The predicted octanol–water partition coefficient (Wildman–Crippen LogP) is 4.10. The van der Waals surface area contributed by atoms with Gasteiger partial charge in [0.25, 0.3) is 0 Å². The molecule has 108 valence electrons. The molecule has 0 aromatic heterocycles. The molecule has 0 atom stereocenters. The van der Waals surface area contributed by atoms with Gasteiger partial charge in [0.1, 0.15) is 0 Å². The summed E-state index contributed by atoms with van der Waals surface area (Å²) >= 11 is 0. The van der Waals surface area contributed by atoms with Crippen LogP contribution < -0.4 is 0 Å². The second kappa shape index (κ2) is 10.8. The number of rotatable bonds is 10. The van der Waals surface area contributed by atoms with Gasteiger partial charge in [-0.05, 0) is 51.2 Å². The standard InChI is InChI=1S/C16H33NO/c1-16-10-13-17(14-11-16)12-8-6-4-3-5-7-9-15-18-2/h16H,3-15H2,1-2H3. The normalized spacial score (nSPS) is 18.3. The van der Waals surface area contributed by atoms with E-state index in [1.54, 1.807) is 7.11 Å². The van der Waals surface area contributed by atoms with Gasteiger partial charge in [-0.1, -0.05) is 39.0 Å². The molecule has 1 aliphatic rings. The van der Waals surface area contributed by atoms with Gasteiger partial charge in [-0.15, -0.1) is 0 Å². The molecule has 0 aromatic rings. The quantitative estimate of drug-likeness (QED) is 0.545. The van der Waals surface area contributed by atoms with Crippen LogP contribution in [0.3, 0.4) is 0 Å². The topological polar surface area (TPSA) is 12.5 Å². The van der Waals surface area contributed by atoms with E-state index in [1.165, 1.54) is 77.4 Å². The van der Waals surface area contributed by atoms with Crippen molar-refractivity contribution in [2.75, 3.05) is 33.4 Å². The highest BCUT2D eigenvalue weighted by Crippen LogP contribution is 2.16. The van der Waals surface area contributed by atoms with Gasteiger partial charge >= 0.3 is 0 Å². The van der Waals surface area contributed by atoms with Crippen LogP contribution in [0, 0.1) is 5.92 Å². The minimum atomic E-state index is 0.938. The van der Waals surface area contributed by atoms with Crippen LogP contribution in [-0.4, -0.2) is 38.3 Å². The number of nitrogens with zero attached hydrogens (tertiary/aromatic N) is 1. The molecule has 0 amide bonds. The third kappa shape index (κ3) is 8.10. The summed E-state index contributed by atoms with van der Waals surface area (Å²) in [5.41, 5.74) is 0. The summed E-state index contributed by atoms with van der Waals surface area (Å²) in [5, 5.41) is 0. The molecule has 0 bridgehead atoms. The van der Waals surface area contributed by atoms with Gasteiger partial charge in [-0.3, -0.25) is 0 Å². The zero-order valence-corrected chi connectivity index (χ0v) is 12.6. The molecule has 1 rings (SSSR count). The molecule has 0 aromatic carbocycles. The van der Waals surface area contributed by atoms with E-state index in [-0.39, 0.29) is 0 Å².